The van der Waals surface area contributed by atoms with Crippen molar-refractivity contribution in [1.29, 1.82) is 0 Å². The zero-order valence-corrected chi connectivity index (χ0v) is 63.3. The summed E-state index contributed by atoms with van der Waals surface area (Å²) in [6.45, 7) is 9.53. The Balaban J connectivity index is 0.000000158. The molecule has 0 aliphatic heterocycles. The third kappa shape index (κ3) is 11.3. The third-order valence-corrected chi connectivity index (χ3v) is 24.7. The van der Waals surface area contributed by atoms with Gasteiger partial charge in [-0.05, 0) is 224 Å². The van der Waals surface area contributed by atoms with Gasteiger partial charge in [-0.25, -0.2) is 0 Å². The summed E-state index contributed by atoms with van der Waals surface area (Å²) in [5, 5.41) is 0. The number of benzene rings is 17. The normalized spacial score (nSPS) is 13.9. The quantitative estimate of drug-likeness (QED) is 0.127. The standard InChI is InChI=1S/C64H47N.C46H35N.CH4/c1-63(2)58-21-11-13-23-60(58)64(61-24-14-12-22-59(61)63)57-20-10-9-19-55(57)56-42-35-51(43-62(56)64)50-27-25-46(26-28-50)49-33-40-54(41-34-49)65(52-36-29-47(30-37-52)44-15-5-3-6-16-44)53-38-31-48(32-39-53)45-17-7-4-8-18-45;1-45(2)41-21-11-13-23-43(41)46(44-24-14-12-22-42(44)45)39-20-10-9-19-37(39)38-31-36(29-30-40(38)46)47(34-17-7-4-8-18-34)35-27-25-33(26-28-35)32-15-5-3-6-16-32;/h3-43H,1-2H3;3-31H,1-2H3;1H4. The predicted octanol–water partition coefficient (Wildman–Crippen LogP) is 29.3. The number of rotatable bonds is 11. The fourth-order valence-corrected chi connectivity index (χ4v) is 19.5. The number of hydrogen-bond donors (Lipinski definition) is 0. The van der Waals surface area contributed by atoms with Crippen LogP contribution in [-0.4, -0.2) is 0 Å². The minimum atomic E-state index is -0.409. The zero-order valence-electron chi connectivity index (χ0n) is 63.3. The van der Waals surface area contributed by atoms with Gasteiger partial charge in [0.2, 0.25) is 0 Å². The molecule has 0 atom stereocenters. The molecule has 0 aromatic heterocycles. The lowest BCUT2D eigenvalue weighted by Crippen LogP contribution is -2.40. The van der Waals surface area contributed by atoms with Crippen LogP contribution in [0.5, 0.6) is 0 Å². The van der Waals surface area contributed by atoms with Gasteiger partial charge in [0.1, 0.15) is 0 Å². The van der Waals surface area contributed by atoms with E-state index in [4.69, 9.17) is 0 Å². The maximum absolute atomic E-state index is 2.48. The molecule has 21 rings (SSSR count). The van der Waals surface area contributed by atoms with Gasteiger partial charge in [-0.15, -0.1) is 0 Å². The highest BCUT2D eigenvalue weighted by atomic mass is 15.1. The second kappa shape index (κ2) is 28.0. The van der Waals surface area contributed by atoms with Crippen molar-refractivity contribution in [2.24, 2.45) is 0 Å². The summed E-state index contributed by atoms with van der Waals surface area (Å²) in [6, 6.07) is 156. The molecule has 113 heavy (non-hydrogen) atoms. The molecule has 4 aliphatic rings. The summed E-state index contributed by atoms with van der Waals surface area (Å²) in [6.07, 6.45) is 0. The Morgan fingerprint density at radius 2 is 0.372 bits per heavy atom. The number of anilines is 6. The van der Waals surface area contributed by atoms with Gasteiger partial charge >= 0.3 is 0 Å². The highest BCUT2D eigenvalue weighted by Gasteiger charge is 2.55. The summed E-state index contributed by atoms with van der Waals surface area (Å²) in [5.41, 5.74) is 39.6. The van der Waals surface area contributed by atoms with Crippen LogP contribution in [0.25, 0.3) is 77.9 Å². The molecule has 540 valence electrons. The molecule has 0 amide bonds. The highest BCUT2D eigenvalue weighted by Crippen LogP contribution is 2.65. The van der Waals surface area contributed by atoms with Gasteiger partial charge in [0.05, 0.1) is 10.8 Å². The van der Waals surface area contributed by atoms with Gasteiger partial charge in [0.25, 0.3) is 0 Å². The van der Waals surface area contributed by atoms with Crippen molar-refractivity contribution >= 4 is 34.1 Å². The van der Waals surface area contributed by atoms with E-state index in [2.05, 4.69) is 462 Å². The van der Waals surface area contributed by atoms with Gasteiger partial charge in [0.15, 0.2) is 0 Å². The molecule has 0 unspecified atom stereocenters. The van der Waals surface area contributed by atoms with E-state index in [1.54, 1.807) is 0 Å². The zero-order chi connectivity index (χ0) is 75.1. The highest BCUT2D eigenvalue weighted by molar-refractivity contribution is 5.94. The van der Waals surface area contributed by atoms with Crippen LogP contribution >= 0.6 is 0 Å². The van der Waals surface area contributed by atoms with E-state index >= 15 is 0 Å². The second-order valence-electron chi connectivity index (χ2n) is 31.4. The van der Waals surface area contributed by atoms with Gasteiger partial charge < -0.3 is 9.80 Å². The molecule has 17 aromatic rings. The van der Waals surface area contributed by atoms with Crippen molar-refractivity contribution in [1.82, 2.24) is 0 Å². The van der Waals surface area contributed by atoms with Gasteiger partial charge in [-0.2, -0.15) is 0 Å². The van der Waals surface area contributed by atoms with Crippen LogP contribution in [0.4, 0.5) is 34.1 Å². The van der Waals surface area contributed by atoms with Gasteiger partial charge in [0, 0.05) is 45.0 Å². The molecule has 2 heteroatoms. The Morgan fingerprint density at radius 1 is 0.150 bits per heavy atom. The monoisotopic (exact) mass is 1450 g/mol. The molecule has 4 aliphatic carbocycles. The first kappa shape index (κ1) is 69.8. The molecule has 2 nitrogen and oxygen atoms in total. The van der Waals surface area contributed by atoms with Crippen LogP contribution in [-0.2, 0) is 21.7 Å². The molecule has 0 heterocycles. The molecular formula is C111H86N2. The average Bonchev–Trinajstić information content (AvgIpc) is 1.57. The summed E-state index contributed by atoms with van der Waals surface area (Å²) in [4.78, 5) is 4.73. The fraction of sp³-hybridized carbons (Fsp3) is 0.0811. The summed E-state index contributed by atoms with van der Waals surface area (Å²) < 4.78 is 0. The first-order valence-corrected chi connectivity index (χ1v) is 39.3. The van der Waals surface area contributed by atoms with Crippen molar-refractivity contribution in [3.63, 3.8) is 0 Å². The molecule has 0 bridgehead atoms. The Morgan fingerprint density at radius 3 is 0.735 bits per heavy atom. The molecule has 0 N–H and O–H groups in total. The minimum absolute atomic E-state index is 0. The molecular weight excluding hydrogens is 1360 g/mol. The Kier molecular flexibility index (Phi) is 17.3. The molecule has 0 fully saturated rings. The summed E-state index contributed by atoms with van der Waals surface area (Å²) >= 11 is 0. The Hall–Kier alpha value is -13.7. The first-order chi connectivity index (χ1) is 55.1. The van der Waals surface area contributed by atoms with Crippen molar-refractivity contribution in [3.05, 3.63) is 491 Å². The lowest BCUT2D eigenvalue weighted by molar-refractivity contribution is 0.563. The molecule has 2 spiro atoms. The SMILES string of the molecule is C.CC1(C)c2ccccc2C2(c3ccccc3-c3cc(N(c4ccccc4)c4ccc(-c5ccccc5)cc4)ccc32)c2ccccc21.CC1(C)c2ccccc2C2(c3ccccc3-c3ccc(-c4ccc(-c5ccc(N(c6ccc(-c7ccccc7)cc6)c6ccc(-c7ccccc7)cc6)cc5)cc4)cc32)c2ccccc21. The van der Waals surface area contributed by atoms with Crippen LogP contribution in [0.1, 0.15) is 102 Å². The van der Waals surface area contributed by atoms with E-state index in [0.29, 0.717) is 0 Å². The fourth-order valence-electron chi connectivity index (χ4n) is 19.5. The largest absolute Gasteiger partial charge is 0.311 e. The number of nitrogens with zero attached hydrogens (tertiary/aromatic N) is 2. The van der Waals surface area contributed by atoms with Crippen LogP contribution in [0.3, 0.4) is 0 Å². The van der Waals surface area contributed by atoms with E-state index in [0.717, 1.165) is 34.1 Å². The molecule has 17 aromatic carbocycles. The van der Waals surface area contributed by atoms with E-state index in [9.17, 15) is 0 Å². The number of fused-ring (bicyclic) bond motifs is 18. The lowest BCUT2D eigenvalue weighted by atomic mass is 9.55. The molecule has 0 saturated heterocycles. The van der Waals surface area contributed by atoms with Crippen molar-refractivity contribution < 1.29 is 0 Å². The van der Waals surface area contributed by atoms with Crippen LogP contribution in [0.2, 0.25) is 0 Å². The maximum atomic E-state index is 2.48. The minimum Gasteiger partial charge on any atom is -0.311 e. The average molecular weight is 1450 g/mol. The van der Waals surface area contributed by atoms with Crippen LogP contribution in [0, 0.1) is 0 Å². The first-order valence-electron chi connectivity index (χ1n) is 39.3. The van der Waals surface area contributed by atoms with E-state index in [-0.39, 0.29) is 23.7 Å². The Bertz CT molecular complexity index is 6200. The van der Waals surface area contributed by atoms with E-state index in [1.165, 1.54) is 145 Å². The number of hydrogen-bond acceptors (Lipinski definition) is 2. The van der Waals surface area contributed by atoms with Crippen LogP contribution in [0.15, 0.2) is 425 Å². The van der Waals surface area contributed by atoms with Crippen molar-refractivity contribution in [2.75, 3.05) is 9.80 Å². The smallest absolute Gasteiger partial charge is 0.0719 e. The Labute approximate surface area is 665 Å². The van der Waals surface area contributed by atoms with Crippen LogP contribution < -0.4 is 9.80 Å². The van der Waals surface area contributed by atoms with E-state index in [1.807, 2.05) is 0 Å². The van der Waals surface area contributed by atoms with Gasteiger partial charge in [-0.3, -0.25) is 0 Å². The second-order valence-corrected chi connectivity index (χ2v) is 31.4. The summed E-state index contributed by atoms with van der Waals surface area (Å²) in [5.74, 6) is 0. The third-order valence-electron chi connectivity index (χ3n) is 24.7. The molecule has 0 radical (unpaired) electrons. The summed E-state index contributed by atoms with van der Waals surface area (Å²) in [7, 11) is 0. The lowest BCUT2D eigenvalue weighted by Gasteiger charge is -2.46. The number of para-hydroxylation sites is 1. The maximum Gasteiger partial charge on any atom is 0.0719 e. The predicted molar refractivity (Wildman–Crippen MR) is 475 cm³/mol. The van der Waals surface area contributed by atoms with Crippen molar-refractivity contribution in [3.8, 4) is 77.9 Å². The molecule has 0 saturated carbocycles. The van der Waals surface area contributed by atoms with Gasteiger partial charge in [-0.1, -0.05) is 381 Å². The van der Waals surface area contributed by atoms with Crippen molar-refractivity contribution in [2.45, 2.75) is 56.8 Å². The van der Waals surface area contributed by atoms with E-state index < -0.39 is 5.41 Å². The topological polar surface area (TPSA) is 6.48 Å².